The number of alkyl halides is 1. The molecule has 14 heavy (non-hydrogen) atoms. The van der Waals surface area contributed by atoms with Crippen molar-refractivity contribution in [2.24, 2.45) is 0 Å². The Morgan fingerprint density at radius 1 is 1.50 bits per heavy atom. The molecule has 1 aliphatic heterocycles. The van der Waals surface area contributed by atoms with Gasteiger partial charge >= 0.3 is 5.97 Å². The number of aliphatic carboxylic acids is 1. The number of carbonyl (C=O) groups is 1. The summed E-state index contributed by atoms with van der Waals surface area (Å²) in [5, 5.41) is 9.37. The molecule has 1 aliphatic rings. The van der Waals surface area contributed by atoms with Gasteiger partial charge in [-0.25, -0.2) is 0 Å². The largest absolute Gasteiger partial charge is 0.481 e. The Labute approximate surface area is 91.7 Å². The van der Waals surface area contributed by atoms with Crippen LogP contribution in [0.2, 0.25) is 0 Å². The van der Waals surface area contributed by atoms with Crippen molar-refractivity contribution in [3.63, 3.8) is 0 Å². The van der Waals surface area contributed by atoms with Crippen LogP contribution in [0.5, 0.6) is 0 Å². The third-order valence-electron chi connectivity index (χ3n) is 2.00. The second kappa shape index (κ2) is 4.59. The summed E-state index contributed by atoms with van der Waals surface area (Å²) >= 11 is 3.33. The molecule has 0 aliphatic carbocycles. The summed E-state index contributed by atoms with van der Waals surface area (Å²) in [6.45, 7) is 3.60. The molecule has 1 fully saturated rings. The van der Waals surface area contributed by atoms with E-state index in [1.165, 1.54) is 0 Å². The number of carboxylic acid groups (broad SMARTS) is 1. The average Bonchev–Trinajstić information content (AvgIpc) is 1.99. The quantitative estimate of drug-likeness (QED) is 0.792. The molecule has 0 amide bonds. The first-order chi connectivity index (χ1) is 6.43. The van der Waals surface area contributed by atoms with Gasteiger partial charge in [-0.15, -0.1) is 0 Å². The Morgan fingerprint density at radius 3 is 2.57 bits per heavy atom. The molecule has 2 atom stereocenters. The maximum absolute atomic E-state index is 10.5. The van der Waals surface area contributed by atoms with Crippen molar-refractivity contribution in [1.82, 2.24) is 0 Å². The zero-order chi connectivity index (χ0) is 10.8. The molecule has 0 saturated carbocycles. The lowest BCUT2D eigenvalue weighted by atomic mass is 10.1. The fourth-order valence-electron chi connectivity index (χ4n) is 1.63. The van der Waals surface area contributed by atoms with Crippen molar-refractivity contribution in [3.05, 3.63) is 0 Å². The smallest absolute Gasteiger partial charge is 0.305 e. The van der Waals surface area contributed by atoms with Gasteiger partial charge in [0.2, 0.25) is 0 Å². The maximum Gasteiger partial charge on any atom is 0.305 e. The van der Waals surface area contributed by atoms with Gasteiger partial charge in [0.1, 0.15) is 0 Å². The molecule has 0 aromatic rings. The van der Waals surface area contributed by atoms with Gasteiger partial charge in [-0.2, -0.15) is 0 Å². The molecule has 0 spiro atoms. The van der Waals surface area contributed by atoms with E-state index < -0.39 is 11.8 Å². The van der Waals surface area contributed by atoms with E-state index in [1.54, 1.807) is 13.8 Å². The van der Waals surface area contributed by atoms with Gasteiger partial charge in [-0.3, -0.25) is 4.79 Å². The predicted molar refractivity (Wildman–Crippen MR) is 54.5 cm³/mol. The topological polar surface area (TPSA) is 55.8 Å². The highest BCUT2D eigenvalue weighted by molar-refractivity contribution is 9.09. The van der Waals surface area contributed by atoms with Crippen LogP contribution in [-0.4, -0.2) is 34.4 Å². The van der Waals surface area contributed by atoms with E-state index in [2.05, 4.69) is 15.9 Å². The molecule has 1 heterocycles. The van der Waals surface area contributed by atoms with Gasteiger partial charge in [-0.05, 0) is 13.8 Å². The first kappa shape index (κ1) is 11.9. The van der Waals surface area contributed by atoms with E-state index in [9.17, 15) is 4.79 Å². The van der Waals surface area contributed by atoms with Crippen LogP contribution in [0.15, 0.2) is 0 Å². The van der Waals surface area contributed by atoms with Crippen molar-refractivity contribution in [1.29, 1.82) is 0 Å². The molecule has 0 aromatic heterocycles. The van der Waals surface area contributed by atoms with Gasteiger partial charge in [-0.1, -0.05) is 15.9 Å². The Bertz CT molecular complexity index is 217. The molecule has 1 saturated heterocycles. The van der Waals surface area contributed by atoms with Crippen molar-refractivity contribution in [3.8, 4) is 0 Å². The zero-order valence-corrected chi connectivity index (χ0v) is 9.91. The van der Waals surface area contributed by atoms with E-state index in [0.717, 1.165) is 0 Å². The molecular formula is C9H15BrO4. The number of carboxylic acids is 1. The van der Waals surface area contributed by atoms with Crippen molar-refractivity contribution >= 4 is 21.9 Å². The zero-order valence-electron chi connectivity index (χ0n) is 8.33. The minimum absolute atomic E-state index is 0.0306. The number of hydrogen-bond acceptors (Lipinski definition) is 3. The molecule has 1 N–H and O–H groups in total. The lowest BCUT2D eigenvalue weighted by molar-refractivity contribution is -0.294. The standard InChI is InChI=1S/C9H15BrO4/c1-9(2)13-6(4-8(11)12)3-7(5-10)14-9/h6-7H,3-5H2,1-2H3,(H,11,12)/t6-,7+/m1/s1. The summed E-state index contributed by atoms with van der Waals surface area (Å²) in [5.74, 6) is -1.52. The summed E-state index contributed by atoms with van der Waals surface area (Å²) in [7, 11) is 0. The van der Waals surface area contributed by atoms with E-state index >= 15 is 0 Å². The third-order valence-corrected chi connectivity index (χ3v) is 2.72. The van der Waals surface area contributed by atoms with E-state index in [-0.39, 0.29) is 18.6 Å². The number of ether oxygens (including phenoxy) is 2. The molecule has 1 rings (SSSR count). The minimum atomic E-state index is -0.832. The van der Waals surface area contributed by atoms with Crippen LogP contribution in [-0.2, 0) is 14.3 Å². The number of halogens is 1. The lowest BCUT2D eigenvalue weighted by Gasteiger charge is -2.39. The normalized spacial score (nSPS) is 31.4. The monoisotopic (exact) mass is 266 g/mol. The molecule has 5 heteroatoms. The molecular weight excluding hydrogens is 252 g/mol. The lowest BCUT2D eigenvalue weighted by Crippen LogP contribution is -2.45. The molecule has 0 unspecified atom stereocenters. The van der Waals surface area contributed by atoms with Gasteiger partial charge in [0.15, 0.2) is 5.79 Å². The Balaban J connectivity index is 2.56. The van der Waals surface area contributed by atoms with E-state index in [0.29, 0.717) is 11.8 Å². The second-order valence-electron chi connectivity index (χ2n) is 3.87. The summed E-state index contributed by atoms with van der Waals surface area (Å²) in [4.78, 5) is 10.5. The van der Waals surface area contributed by atoms with Gasteiger partial charge in [0.05, 0.1) is 18.6 Å². The molecule has 4 nitrogen and oxygen atoms in total. The molecule has 0 bridgehead atoms. The van der Waals surface area contributed by atoms with Crippen LogP contribution < -0.4 is 0 Å². The van der Waals surface area contributed by atoms with E-state index in [4.69, 9.17) is 14.6 Å². The van der Waals surface area contributed by atoms with Crippen LogP contribution in [0.25, 0.3) is 0 Å². The highest BCUT2D eigenvalue weighted by Gasteiger charge is 2.35. The first-order valence-electron chi connectivity index (χ1n) is 4.56. The highest BCUT2D eigenvalue weighted by Crippen LogP contribution is 2.28. The van der Waals surface area contributed by atoms with Gasteiger partial charge in [0, 0.05) is 11.8 Å². The van der Waals surface area contributed by atoms with Crippen LogP contribution in [0.1, 0.15) is 26.7 Å². The highest BCUT2D eigenvalue weighted by atomic mass is 79.9. The first-order valence-corrected chi connectivity index (χ1v) is 5.68. The summed E-state index contributed by atoms with van der Waals surface area (Å²) in [6, 6.07) is 0. The second-order valence-corrected chi connectivity index (χ2v) is 4.51. The maximum atomic E-state index is 10.5. The fraction of sp³-hybridized carbons (Fsp3) is 0.889. The molecule has 82 valence electrons. The van der Waals surface area contributed by atoms with Crippen molar-refractivity contribution in [2.75, 3.05) is 5.33 Å². The van der Waals surface area contributed by atoms with E-state index in [1.807, 2.05) is 0 Å². The summed E-state index contributed by atoms with van der Waals surface area (Å²) < 4.78 is 11.1. The molecule has 0 radical (unpaired) electrons. The van der Waals surface area contributed by atoms with Crippen molar-refractivity contribution in [2.45, 2.75) is 44.7 Å². The van der Waals surface area contributed by atoms with Crippen LogP contribution in [0, 0.1) is 0 Å². The van der Waals surface area contributed by atoms with Crippen molar-refractivity contribution < 1.29 is 19.4 Å². The average molecular weight is 267 g/mol. The van der Waals surface area contributed by atoms with Crippen LogP contribution in [0.3, 0.4) is 0 Å². The molecule has 0 aromatic carbocycles. The SMILES string of the molecule is CC1(C)O[C@H](CBr)C[C@H](CC(=O)O)O1. The number of hydrogen-bond donors (Lipinski definition) is 1. The Kier molecular flexibility index (Phi) is 3.92. The van der Waals surface area contributed by atoms with Crippen LogP contribution in [0.4, 0.5) is 0 Å². The minimum Gasteiger partial charge on any atom is -0.481 e. The summed E-state index contributed by atoms with van der Waals surface area (Å²) in [6.07, 6.45) is 0.443. The predicted octanol–water partition coefficient (Wildman–Crippen LogP) is 1.77. The van der Waals surface area contributed by atoms with Crippen LogP contribution >= 0.6 is 15.9 Å². The number of rotatable bonds is 3. The Hall–Kier alpha value is -0.130. The third kappa shape index (κ3) is 3.55. The van der Waals surface area contributed by atoms with Gasteiger partial charge in [0.25, 0.3) is 0 Å². The Morgan fingerprint density at radius 2 is 2.07 bits per heavy atom. The summed E-state index contributed by atoms with van der Waals surface area (Å²) in [5.41, 5.74) is 0. The fourth-order valence-corrected chi connectivity index (χ4v) is 2.03. The van der Waals surface area contributed by atoms with Gasteiger partial charge < -0.3 is 14.6 Å².